The first kappa shape index (κ1) is 23.1. The summed E-state index contributed by atoms with van der Waals surface area (Å²) >= 11 is 0. The van der Waals surface area contributed by atoms with Crippen LogP contribution in [-0.4, -0.2) is 32.8 Å². The third-order valence-electron chi connectivity index (χ3n) is 4.32. The van der Waals surface area contributed by atoms with Crippen LogP contribution in [0.3, 0.4) is 0 Å². The number of benzene rings is 2. The van der Waals surface area contributed by atoms with Gasteiger partial charge in [-0.05, 0) is 69.2 Å². The average molecular weight is 414 g/mol. The molecule has 30 heavy (non-hydrogen) atoms. The molecule has 0 heterocycles. The van der Waals surface area contributed by atoms with E-state index in [9.17, 15) is 4.79 Å². The fraction of sp³-hybridized carbons (Fsp3) is 0.375. The van der Waals surface area contributed by atoms with E-state index in [2.05, 4.69) is 5.32 Å². The first-order chi connectivity index (χ1) is 14.4. The molecule has 0 aliphatic rings. The highest BCUT2D eigenvalue weighted by molar-refractivity contribution is 5.92. The third-order valence-corrected chi connectivity index (χ3v) is 4.32. The standard InChI is InChI=1S/C24H31NO5/c1-7-29-23-14-18(8-11-20(23)27-5)9-13-24(26)25-17(4)19-10-12-21(30-16(2)3)22(15-19)28-6/h8-17H,7H2,1-6H3,(H,25,26)/b13-9+. The number of hydrogen-bond donors (Lipinski definition) is 1. The summed E-state index contributed by atoms with van der Waals surface area (Å²) in [7, 11) is 3.20. The minimum absolute atomic E-state index is 0.0493. The molecular formula is C24H31NO5. The Morgan fingerprint density at radius 1 is 0.967 bits per heavy atom. The van der Waals surface area contributed by atoms with E-state index in [1.54, 1.807) is 20.3 Å². The Balaban J connectivity index is 2.06. The molecule has 0 aliphatic carbocycles. The smallest absolute Gasteiger partial charge is 0.244 e. The molecule has 2 aromatic rings. The zero-order chi connectivity index (χ0) is 22.1. The summed E-state index contributed by atoms with van der Waals surface area (Å²) in [6.07, 6.45) is 3.29. The maximum Gasteiger partial charge on any atom is 0.244 e. The predicted molar refractivity (Wildman–Crippen MR) is 119 cm³/mol. The highest BCUT2D eigenvalue weighted by Crippen LogP contribution is 2.31. The van der Waals surface area contributed by atoms with Crippen LogP contribution >= 0.6 is 0 Å². The van der Waals surface area contributed by atoms with Crippen LogP contribution < -0.4 is 24.3 Å². The van der Waals surface area contributed by atoms with Crippen LogP contribution in [0.15, 0.2) is 42.5 Å². The van der Waals surface area contributed by atoms with Gasteiger partial charge in [-0.15, -0.1) is 0 Å². The van der Waals surface area contributed by atoms with Gasteiger partial charge in [0.2, 0.25) is 5.91 Å². The number of carbonyl (C=O) groups excluding carboxylic acids is 1. The zero-order valence-electron chi connectivity index (χ0n) is 18.5. The third kappa shape index (κ3) is 6.44. The van der Waals surface area contributed by atoms with E-state index >= 15 is 0 Å². The molecule has 0 spiro atoms. The van der Waals surface area contributed by atoms with Crippen molar-refractivity contribution >= 4 is 12.0 Å². The fourth-order valence-corrected chi connectivity index (χ4v) is 2.89. The fourth-order valence-electron chi connectivity index (χ4n) is 2.89. The summed E-state index contributed by atoms with van der Waals surface area (Å²) in [6, 6.07) is 11.0. The van der Waals surface area contributed by atoms with Crippen molar-refractivity contribution in [1.29, 1.82) is 0 Å². The lowest BCUT2D eigenvalue weighted by molar-refractivity contribution is -0.117. The maximum absolute atomic E-state index is 12.4. The molecule has 1 N–H and O–H groups in total. The van der Waals surface area contributed by atoms with Crippen molar-refractivity contribution < 1.29 is 23.7 Å². The molecule has 1 amide bonds. The van der Waals surface area contributed by atoms with Crippen LogP contribution in [0.2, 0.25) is 0 Å². The Bertz CT molecular complexity index is 876. The normalized spacial score (nSPS) is 12.0. The molecule has 0 saturated heterocycles. The van der Waals surface area contributed by atoms with Crippen molar-refractivity contribution in [2.75, 3.05) is 20.8 Å². The monoisotopic (exact) mass is 413 g/mol. The SMILES string of the molecule is CCOc1cc(/C=C/C(=O)NC(C)c2ccc(OC(C)C)c(OC)c2)ccc1OC. The highest BCUT2D eigenvalue weighted by atomic mass is 16.5. The first-order valence-electron chi connectivity index (χ1n) is 10.0. The van der Waals surface area contributed by atoms with Gasteiger partial charge in [0.25, 0.3) is 0 Å². The molecule has 0 saturated carbocycles. The first-order valence-corrected chi connectivity index (χ1v) is 10.0. The number of amides is 1. The summed E-state index contributed by atoms with van der Waals surface area (Å²) in [5.41, 5.74) is 1.77. The Morgan fingerprint density at radius 2 is 1.67 bits per heavy atom. The number of nitrogens with one attached hydrogen (secondary N) is 1. The predicted octanol–water partition coefficient (Wildman–Crippen LogP) is 4.78. The van der Waals surface area contributed by atoms with Crippen molar-refractivity contribution in [1.82, 2.24) is 5.32 Å². The van der Waals surface area contributed by atoms with E-state index in [0.29, 0.717) is 29.6 Å². The molecule has 6 heteroatoms. The molecule has 0 aliphatic heterocycles. The van der Waals surface area contributed by atoms with Crippen molar-refractivity contribution in [2.24, 2.45) is 0 Å². The van der Waals surface area contributed by atoms with Gasteiger partial charge in [-0.2, -0.15) is 0 Å². The van der Waals surface area contributed by atoms with E-state index in [1.807, 2.05) is 64.1 Å². The Labute approximate surface area is 178 Å². The maximum atomic E-state index is 12.4. The second kappa shape index (κ2) is 11.1. The molecule has 1 unspecified atom stereocenters. The molecule has 2 aromatic carbocycles. The van der Waals surface area contributed by atoms with E-state index in [1.165, 1.54) is 6.08 Å². The van der Waals surface area contributed by atoms with Gasteiger partial charge in [0.15, 0.2) is 23.0 Å². The minimum Gasteiger partial charge on any atom is -0.493 e. The Hall–Kier alpha value is -3.15. The summed E-state index contributed by atoms with van der Waals surface area (Å²) in [6.45, 7) is 8.29. The number of ether oxygens (including phenoxy) is 4. The van der Waals surface area contributed by atoms with Crippen LogP contribution in [0.1, 0.15) is 44.9 Å². The van der Waals surface area contributed by atoms with E-state index in [0.717, 1.165) is 11.1 Å². The lowest BCUT2D eigenvalue weighted by Crippen LogP contribution is -2.24. The number of carbonyl (C=O) groups is 1. The summed E-state index contributed by atoms with van der Waals surface area (Å²) < 4.78 is 22.0. The van der Waals surface area contributed by atoms with Crippen LogP contribution in [0.25, 0.3) is 6.08 Å². The number of rotatable bonds is 10. The molecule has 1 atom stereocenters. The summed E-state index contributed by atoms with van der Waals surface area (Å²) in [5.74, 6) is 2.43. The van der Waals surface area contributed by atoms with Gasteiger partial charge >= 0.3 is 0 Å². The molecule has 0 aromatic heterocycles. The largest absolute Gasteiger partial charge is 0.493 e. The van der Waals surface area contributed by atoms with Gasteiger partial charge in [-0.3, -0.25) is 4.79 Å². The summed E-state index contributed by atoms with van der Waals surface area (Å²) in [4.78, 5) is 12.4. The van der Waals surface area contributed by atoms with Gasteiger partial charge in [-0.1, -0.05) is 12.1 Å². The van der Waals surface area contributed by atoms with Crippen LogP contribution in [-0.2, 0) is 4.79 Å². The van der Waals surface area contributed by atoms with E-state index < -0.39 is 0 Å². The Morgan fingerprint density at radius 3 is 2.30 bits per heavy atom. The van der Waals surface area contributed by atoms with Gasteiger partial charge < -0.3 is 24.3 Å². The second-order valence-electron chi connectivity index (χ2n) is 6.98. The molecule has 0 fully saturated rings. The van der Waals surface area contributed by atoms with Crippen LogP contribution in [0.4, 0.5) is 0 Å². The van der Waals surface area contributed by atoms with Crippen LogP contribution in [0, 0.1) is 0 Å². The molecular weight excluding hydrogens is 382 g/mol. The molecule has 162 valence electrons. The molecule has 0 radical (unpaired) electrons. The van der Waals surface area contributed by atoms with Gasteiger partial charge in [0.1, 0.15) is 0 Å². The highest BCUT2D eigenvalue weighted by Gasteiger charge is 2.13. The lowest BCUT2D eigenvalue weighted by atomic mass is 10.1. The number of hydrogen-bond acceptors (Lipinski definition) is 5. The number of methoxy groups -OCH3 is 2. The van der Waals surface area contributed by atoms with Gasteiger partial charge in [0, 0.05) is 6.08 Å². The summed E-state index contributed by atoms with van der Waals surface area (Å²) in [5, 5.41) is 2.96. The van der Waals surface area contributed by atoms with E-state index in [4.69, 9.17) is 18.9 Å². The van der Waals surface area contributed by atoms with Crippen molar-refractivity contribution in [3.05, 3.63) is 53.6 Å². The lowest BCUT2D eigenvalue weighted by Gasteiger charge is -2.17. The molecule has 6 nitrogen and oxygen atoms in total. The van der Waals surface area contributed by atoms with Gasteiger partial charge in [-0.25, -0.2) is 0 Å². The van der Waals surface area contributed by atoms with Crippen molar-refractivity contribution in [2.45, 2.75) is 39.8 Å². The quantitative estimate of drug-likeness (QED) is 0.568. The molecule has 0 bridgehead atoms. The zero-order valence-corrected chi connectivity index (χ0v) is 18.5. The van der Waals surface area contributed by atoms with Gasteiger partial charge in [0.05, 0.1) is 33.0 Å². The minimum atomic E-state index is -0.197. The Kier molecular flexibility index (Phi) is 8.59. The second-order valence-corrected chi connectivity index (χ2v) is 6.98. The van der Waals surface area contributed by atoms with Crippen molar-refractivity contribution in [3.63, 3.8) is 0 Å². The topological polar surface area (TPSA) is 66.0 Å². The average Bonchev–Trinajstić information content (AvgIpc) is 2.72. The van der Waals surface area contributed by atoms with Crippen LogP contribution in [0.5, 0.6) is 23.0 Å². The molecule has 2 rings (SSSR count). The van der Waals surface area contributed by atoms with E-state index in [-0.39, 0.29) is 18.1 Å². The van der Waals surface area contributed by atoms with Crippen molar-refractivity contribution in [3.8, 4) is 23.0 Å².